The van der Waals surface area contributed by atoms with Gasteiger partial charge in [0, 0.05) is 59.3 Å². The Morgan fingerprint density at radius 2 is 1.82 bits per heavy atom. The van der Waals surface area contributed by atoms with E-state index in [9.17, 15) is 0 Å². The molecule has 166 valence electrons. The number of aromatic amines is 1. The van der Waals surface area contributed by atoms with Gasteiger partial charge in [-0.05, 0) is 56.4 Å². The Labute approximate surface area is 191 Å². The summed E-state index contributed by atoms with van der Waals surface area (Å²) in [6.45, 7) is 1.99. The molecule has 0 amide bonds. The van der Waals surface area contributed by atoms with E-state index in [-0.39, 0.29) is 0 Å². The number of anilines is 3. The highest BCUT2D eigenvalue weighted by Crippen LogP contribution is 2.49. The first kappa shape index (κ1) is 19.0. The van der Waals surface area contributed by atoms with Crippen LogP contribution in [0.1, 0.15) is 31.4 Å². The van der Waals surface area contributed by atoms with Crippen LogP contribution in [0.5, 0.6) is 0 Å². The van der Waals surface area contributed by atoms with Gasteiger partial charge in [-0.25, -0.2) is 4.98 Å². The van der Waals surface area contributed by atoms with Crippen LogP contribution in [0, 0.1) is 6.92 Å². The first-order valence-electron chi connectivity index (χ1n) is 11.7. The minimum absolute atomic E-state index is 0.414. The largest absolute Gasteiger partial charge is 0.351 e. The molecule has 0 aliphatic carbocycles. The number of hydrogen-bond donors (Lipinski definition) is 3. The van der Waals surface area contributed by atoms with Gasteiger partial charge in [-0.15, -0.1) is 0 Å². The molecule has 3 saturated heterocycles. The van der Waals surface area contributed by atoms with E-state index >= 15 is 0 Å². The van der Waals surface area contributed by atoms with Crippen molar-refractivity contribution in [3.8, 4) is 11.1 Å². The highest BCUT2D eigenvalue weighted by Gasteiger charge is 2.54. The Hall–Kier alpha value is -3.52. The molecule has 8 nitrogen and oxygen atoms in total. The molecule has 3 fully saturated rings. The van der Waals surface area contributed by atoms with E-state index in [1.807, 2.05) is 25.3 Å². The quantitative estimate of drug-likeness (QED) is 0.429. The lowest BCUT2D eigenvalue weighted by Gasteiger charge is -2.66. The number of nitrogens with one attached hydrogen (secondary N) is 3. The van der Waals surface area contributed by atoms with Crippen molar-refractivity contribution >= 4 is 28.5 Å². The maximum Gasteiger partial charge on any atom is 0.225 e. The first-order chi connectivity index (χ1) is 16.2. The summed E-state index contributed by atoms with van der Waals surface area (Å²) in [5.74, 6) is 2.18. The molecule has 6 heterocycles. The average molecular weight is 439 g/mol. The number of nitrogens with zero attached hydrogens (tertiary/aromatic N) is 5. The maximum atomic E-state index is 4.94. The Kier molecular flexibility index (Phi) is 4.17. The normalized spacial score (nSPS) is 25.7. The van der Waals surface area contributed by atoms with Crippen LogP contribution in [-0.2, 0) is 0 Å². The molecule has 3 aliphatic heterocycles. The number of fused-ring (bicyclic) bond motifs is 1. The van der Waals surface area contributed by atoms with E-state index in [4.69, 9.17) is 9.97 Å². The number of aromatic nitrogens is 5. The van der Waals surface area contributed by atoms with E-state index in [0.29, 0.717) is 12.0 Å². The molecule has 0 radical (unpaired) electrons. The topological polar surface area (TPSA) is 94.7 Å². The van der Waals surface area contributed by atoms with Gasteiger partial charge in [-0.3, -0.25) is 15.0 Å². The van der Waals surface area contributed by atoms with Crippen LogP contribution in [0.2, 0.25) is 0 Å². The van der Waals surface area contributed by atoms with Crippen LogP contribution in [0.25, 0.3) is 22.0 Å². The highest BCUT2D eigenvalue weighted by molar-refractivity contribution is 5.94. The van der Waals surface area contributed by atoms with Gasteiger partial charge in [-0.2, -0.15) is 10.1 Å². The summed E-state index contributed by atoms with van der Waals surface area (Å²) in [7, 11) is 0. The van der Waals surface area contributed by atoms with Crippen molar-refractivity contribution < 1.29 is 0 Å². The smallest absolute Gasteiger partial charge is 0.225 e. The minimum atomic E-state index is 0.414. The zero-order valence-electron chi connectivity index (χ0n) is 18.5. The van der Waals surface area contributed by atoms with E-state index in [0.717, 1.165) is 57.5 Å². The molecule has 0 spiro atoms. The van der Waals surface area contributed by atoms with E-state index in [1.54, 1.807) is 6.20 Å². The number of H-pyrrole nitrogens is 1. The molecule has 33 heavy (non-hydrogen) atoms. The van der Waals surface area contributed by atoms with Crippen molar-refractivity contribution in [1.82, 2.24) is 30.0 Å². The summed E-state index contributed by atoms with van der Waals surface area (Å²) in [4.78, 5) is 16.8. The third-order valence-corrected chi connectivity index (χ3v) is 7.44. The number of benzene rings is 1. The standard InChI is InChI=1S/C25H26N8/c1-14-7-23(32-31-14)29-24-21-5-4-15(16-3-2-6-26-13-16)8-22(21)28-25(30-24)27-17-9-18-11-20-12-19(10-17)33(18)20/h2-8,13,17-20H,9-12H2,1H3,(H3,27,28,29,30,31,32)/t17?,18-,19+,20?. The molecule has 8 heteroatoms. The van der Waals surface area contributed by atoms with Gasteiger partial charge in [-0.1, -0.05) is 12.1 Å². The Morgan fingerprint density at radius 3 is 2.55 bits per heavy atom. The molecule has 1 aromatic carbocycles. The lowest BCUT2D eigenvalue weighted by molar-refractivity contribution is -0.146. The molecular formula is C25H26N8. The van der Waals surface area contributed by atoms with Crippen molar-refractivity contribution in [1.29, 1.82) is 0 Å². The fourth-order valence-corrected chi connectivity index (χ4v) is 5.92. The summed E-state index contributed by atoms with van der Waals surface area (Å²) in [5, 5.41) is 15.4. The second kappa shape index (κ2) is 7.25. The monoisotopic (exact) mass is 438 g/mol. The molecule has 0 saturated carbocycles. The van der Waals surface area contributed by atoms with Crippen LogP contribution >= 0.6 is 0 Å². The second-order valence-corrected chi connectivity index (χ2v) is 9.62. The van der Waals surface area contributed by atoms with Gasteiger partial charge in [0.25, 0.3) is 0 Å². The fraction of sp³-hybridized carbons (Fsp3) is 0.360. The van der Waals surface area contributed by atoms with E-state index < -0.39 is 0 Å². The number of pyridine rings is 1. The van der Waals surface area contributed by atoms with Crippen LogP contribution in [0.15, 0.2) is 48.8 Å². The van der Waals surface area contributed by atoms with Gasteiger partial charge in [0.2, 0.25) is 5.95 Å². The molecule has 3 aliphatic rings. The first-order valence-corrected chi connectivity index (χ1v) is 11.7. The molecule has 4 atom stereocenters. The number of aryl methyl sites for hydroxylation is 1. The highest BCUT2D eigenvalue weighted by atomic mass is 15.3. The maximum absolute atomic E-state index is 4.94. The fourth-order valence-electron chi connectivity index (χ4n) is 5.92. The van der Waals surface area contributed by atoms with Crippen LogP contribution in [-0.4, -0.2) is 54.2 Å². The van der Waals surface area contributed by atoms with Gasteiger partial charge in [0.05, 0.1) is 5.52 Å². The predicted molar refractivity (Wildman–Crippen MR) is 128 cm³/mol. The van der Waals surface area contributed by atoms with Gasteiger partial charge >= 0.3 is 0 Å². The van der Waals surface area contributed by atoms with Gasteiger partial charge < -0.3 is 10.6 Å². The molecule has 7 rings (SSSR count). The molecule has 2 unspecified atom stereocenters. The average Bonchev–Trinajstić information content (AvgIpc) is 3.20. The molecular weight excluding hydrogens is 412 g/mol. The van der Waals surface area contributed by atoms with E-state index in [2.05, 4.69) is 55.0 Å². The molecule has 0 bridgehead atoms. The summed E-state index contributed by atoms with van der Waals surface area (Å²) >= 11 is 0. The van der Waals surface area contributed by atoms with Crippen molar-refractivity contribution in [2.75, 3.05) is 10.6 Å². The predicted octanol–water partition coefficient (Wildman–Crippen LogP) is 4.26. The van der Waals surface area contributed by atoms with Crippen LogP contribution < -0.4 is 10.6 Å². The lowest BCUT2D eigenvalue weighted by Crippen LogP contribution is -2.73. The van der Waals surface area contributed by atoms with Crippen LogP contribution in [0.4, 0.5) is 17.6 Å². The Balaban J connectivity index is 1.25. The van der Waals surface area contributed by atoms with Gasteiger partial charge in [0.15, 0.2) is 5.82 Å². The van der Waals surface area contributed by atoms with Crippen molar-refractivity contribution in [2.24, 2.45) is 0 Å². The number of piperidine rings is 2. The molecule has 3 aromatic heterocycles. The minimum Gasteiger partial charge on any atom is -0.351 e. The van der Waals surface area contributed by atoms with Crippen molar-refractivity contribution in [3.05, 3.63) is 54.5 Å². The summed E-state index contributed by atoms with van der Waals surface area (Å²) in [6, 6.07) is 15.0. The molecule has 4 aromatic rings. The zero-order valence-corrected chi connectivity index (χ0v) is 18.5. The number of hydrogen-bond acceptors (Lipinski definition) is 7. The van der Waals surface area contributed by atoms with Crippen molar-refractivity contribution in [3.63, 3.8) is 0 Å². The lowest BCUT2D eigenvalue weighted by atomic mass is 9.68. The second-order valence-electron chi connectivity index (χ2n) is 9.62. The van der Waals surface area contributed by atoms with Gasteiger partial charge in [0.1, 0.15) is 5.82 Å². The van der Waals surface area contributed by atoms with Crippen molar-refractivity contribution in [2.45, 2.75) is 56.8 Å². The Morgan fingerprint density at radius 1 is 0.970 bits per heavy atom. The van der Waals surface area contributed by atoms with E-state index in [1.165, 1.54) is 25.7 Å². The number of rotatable bonds is 5. The summed E-state index contributed by atoms with van der Waals surface area (Å²) in [5.41, 5.74) is 4.06. The van der Waals surface area contributed by atoms with Crippen LogP contribution in [0.3, 0.4) is 0 Å². The Bertz CT molecular complexity index is 1320. The summed E-state index contributed by atoms with van der Waals surface area (Å²) < 4.78 is 0. The molecule has 3 N–H and O–H groups in total. The zero-order chi connectivity index (χ0) is 21.9. The SMILES string of the molecule is Cc1cc(Nc2nc(NC3C[C@@H]4CC5C[C@H](C3)N54)nc3cc(-c4cccnc4)ccc23)n[nH]1. The third kappa shape index (κ3) is 3.24. The third-order valence-electron chi connectivity index (χ3n) is 7.44. The summed E-state index contributed by atoms with van der Waals surface area (Å²) in [6.07, 6.45) is 8.72.